The number of aromatic hydroxyl groups is 3. The first kappa shape index (κ1) is 67.6. The molecule has 0 radical (unpaired) electrons. The molecule has 87 heavy (non-hydrogen) atoms. The highest BCUT2D eigenvalue weighted by atomic mass is 16.5. The Kier molecular flexibility index (Phi) is 20.9. The molecule has 0 amide bonds. The molecule has 0 spiro atoms. The zero-order valence-electron chi connectivity index (χ0n) is 57.5. The second-order valence-corrected chi connectivity index (χ2v) is 30.5. The zero-order valence-corrected chi connectivity index (χ0v) is 57.5. The van der Waals surface area contributed by atoms with Crippen LogP contribution >= 0.6 is 0 Å². The van der Waals surface area contributed by atoms with Gasteiger partial charge in [0, 0.05) is 51.1 Å². The molecular weight excluding hydrogens is 1070 g/mol. The maximum Gasteiger partial charge on any atom is 0.331 e. The van der Waals surface area contributed by atoms with Crippen molar-refractivity contribution in [2.75, 3.05) is 0 Å². The molecule has 0 saturated heterocycles. The van der Waals surface area contributed by atoms with E-state index in [4.69, 9.17) is 29.2 Å². The van der Waals surface area contributed by atoms with Gasteiger partial charge in [-0.1, -0.05) is 189 Å². The Labute approximate surface area is 523 Å². The maximum absolute atomic E-state index is 12.1. The van der Waals surface area contributed by atoms with Crippen LogP contribution in [0.5, 0.6) is 52.5 Å². The van der Waals surface area contributed by atoms with E-state index in [2.05, 4.69) is 200 Å². The minimum Gasteiger partial charge on any atom is -0.507 e. The Morgan fingerprint density at radius 1 is 0.310 bits per heavy atom. The van der Waals surface area contributed by atoms with Crippen LogP contribution in [0, 0.1) is 117 Å². The van der Waals surface area contributed by atoms with E-state index < -0.39 is 0 Å². The van der Waals surface area contributed by atoms with Crippen molar-refractivity contribution in [2.45, 2.75) is 222 Å². The largest absolute Gasteiger partial charge is 0.507 e. The first-order valence-corrected chi connectivity index (χ1v) is 31.9. The number of aromatic nitrogens is 3. The van der Waals surface area contributed by atoms with Gasteiger partial charge in [0.25, 0.3) is 0 Å². The number of rotatable bonds is 21. The summed E-state index contributed by atoms with van der Waals surface area (Å²) in [5.41, 5.74) is 17.0. The van der Waals surface area contributed by atoms with Crippen LogP contribution in [-0.2, 0) is 0 Å². The van der Waals surface area contributed by atoms with Crippen molar-refractivity contribution in [3.63, 3.8) is 0 Å². The Morgan fingerprint density at radius 2 is 0.506 bits per heavy atom. The summed E-state index contributed by atoms with van der Waals surface area (Å²) in [4.78, 5) is 15.4. The van der Waals surface area contributed by atoms with Crippen LogP contribution in [0.4, 0.5) is 0 Å². The molecule has 1 heterocycles. The Balaban J connectivity index is 1.50. The number of phenols is 3. The molecule has 3 N–H and O–H groups in total. The summed E-state index contributed by atoms with van der Waals surface area (Å²) in [7, 11) is 0. The molecule has 1 aromatic heterocycles. The summed E-state index contributed by atoms with van der Waals surface area (Å²) in [6.45, 7) is 52.0. The fourth-order valence-corrected chi connectivity index (χ4v) is 14.5. The van der Waals surface area contributed by atoms with Crippen molar-refractivity contribution in [3.8, 4) is 52.5 Å². The molecule has 9 nitrogen and oxygen atoms in total. The molecule has 0 saturated carbocycles. The fraction of sp³-hybridized carbons (Fsp3) is 0.500. The molecule has 0 aliphatic rings. The van der Waals surface area contributed by atoms with E-state index in [1.807, 2.05) is 39.0 Å². The Morgan fingerprint density at radius 3 is 0.713 bits per heavy atom. The summed E-state index contributed by atoms with van der Waals surface area (Å²) in [6.07, 6.45) is 5.17. The standard InChI is InChI=1S/C78H105N3O6/c1-43-25-52(10)67(82)61(31-43)58(37-49(7)40-76(16,17)18)64-34-46(4)28-55(13)70(64)85-73-79-74(86-71-56(14)29-47(5)35-65(71)59(38-50(8)41-77(19,20)21)62-32-44(2)26-53(11)68(62)83)81-75(80-73)87-72-57(15)30-48(6)36-66(72)60(39-51(9)42-78(22,23)24)63-33-45(3)27-54(12)69(63)84/h25-36,49-51,58-60,82-84H,37-42H2,1-24H3. The first-order chi connectivity index (χ1) is 40.3. The van der Waals surface area contributed by atoms with Gasteiger partial charge in [-0.2, -0.15) is 0 Å². The quantitative estimate of drug-likeness (QED) is 0.0645. The van der Waals surface area contributed by atoms with Crippen LogP contribution in [0.2, 0.25) is 0 Å². The molecule has 9 heteroatoms. The SMILES string of the molecule is Cc1cc(C)c(O)c(C(CC(C)CC(C)(C)C)c2cc(C)cc(C)c2Oc2nc(Oc3c(C)cc(C)cc3C(CC(C)CC(C)(C)C)c3cc(C)cc(C)c3O)nc(Oc3c(C)cc(C)cc3C(CC(C)CC(C)(C)C)c3cc(C)cc(C)c3O)n2)c1. The second-order valence-electron chi connectivity index (χ2n) is 30.5. The third-order valence-electron chi connectivity index (χ3n) is 17.0. The zero-order chi connectivity index (χ0) is 64.5. The molecule has 6 unspecified atom stereocenters. The molecule has 468 valence electrons. The molecule has 6 atom stereocenters. The molecule has 0 aliphatic heterocycles. The van der Waals surface area contributed by atoms with Crippen molar-refractivity contribution in [1.82, 2.24) is 15.0 Å². The van der Waals surface area contributed by atoms with E-state index >= 15 is 0 Å². The Hall–Kier alpha value is -6.87. The van der Waals surface area contributed by atoms with E-state index in [0.29, 0.717) is 17.2 Å². The van der Waals surface area contributed by atoms with Gasteiger partial charge >= 0.3 is 18.0 Å². The summed E-state index contributed by atoms with van der Waals surface area (Å²) in [5, 5.41) is 36.2. The molecule has 0 fully saturated rings. The smallest absolute Gasteiger partial charge is 0.331 e. The third kappa shape index (κ3) is 17.5. The van der Waals surface area contributed by atoms with Crippen LogP contribution in [0.1, 0.15) is 240 Å². The van der Waals surface area contributed by atoms with Gasteiger partial charge in [-0.15, -0.1) is 15.0 Å². The van der Waals surface area contributed by atoms with Gasteiger partial charge in [-0.3, -0.25) is 0 Å². The van der Waals surface area contributed by atoms with Crippen molar-refractivity contribution in [2.24, 2.45) is 34.0 Å². The Bertz CT molecular complexity index is 3230. The lowest BCUT2D eigenvalue weighted by atomic mass is 9.76. The molecular formula is C78H105N3O6. The topological polar surface area (TPSA) is 127 Å². The van der Waals surface area contributed by atoms with Crippen molar-refractivity contribution >= 4 is 0 Å². The number of ether oxygens (including phenoxy) is 3. The molecule has 0 bridgehead atoms. The number of hydrogen-bond acceptors (Lipinski definition) is 9. The average molecular weight is 1180 g/mol. The van der Waals surface area contributed by atoms with Crippen LogP contribution in [-0.4, -0.2) is 30.3 Å². The normalized spacial score (nSPS) is 14.3. The number of aryl methyl sites for hydroxylation is 12. The highest BCUT2D eigenvalue weighted by Gasteiger charge is 2.33. The van der Waals surface area contributed by atoms with Gasteiger partial charge in [-0.05, 0) is 189 Å². The van der Waals surface area contributed by atoms with E-state index in [0.717, 1.165) is 139 Å². The van der Waals surface area contributed by atoms with Crippen molar-refractivity contribution in [1.29, 1.82) is 0 Å². The summed E-state index contributed by atoms with van der Waals surface area (Å²) >= 11 is 0. The molecule has 7 aromatic rings. The monoisotopic (exact) mass is 1180 g/mol. The summed E-state index contributed by atoms with van der Waals surface area (Å²) < 4.78 is 21.7. The minimum atomic E-state index is -0.267. The fourth-order valence-electron chi connectivity index (χ4n) is 14.5. The first-order valence-electron chi connectivity index (χ1n) is 31.9. The van der Waals surface area contributed by atoms with Crippen LogP contribution < -0.4 is 14.2 Å². The van der Waals surface area contributed by atoms with Gasteiger partial charge in [-0.25, -0.2) is 0 Å². The predicted molar refractivity (Wildman–Crippen MR) is 360 cm³/mol. The second kappa shape index (κ2) is 26.8. The van der Waals surface area contributed by atoms with Crippen molar-refractivity contribution in [3.05, 3.63) is 173 Å². The van der Waals surface area contributed by atoms with Gasteiger partial charge < -0.3 is 29.5 Å². The van der Waals surface area contributed by atoms with E-state index in [1.165, 1.54) is 0 Å². The average Bonchev–Trinajstić information content (AvgIpc) is 1.92. The molecule has 6 aromatic carbocycles. The van der Waals surface area contributed by atoms with Gasteiger partial charge in [0.15, 0.2) is 0 Å². The highest BCUT2D eigenvalue weighted by molar-refractivity contribution is 5.58. The van der Waals surface area contributed by atoms with E-state index in [-0.39, 0.29) is 87.0 Å². The van der Waals surface area contributed by atoms with Crippen molar-refractivity contribution < 1.29 is 29.5 Å². The van der Waals surface area contributed by atoms with Crippen LogP contribution in [0.25, 0.3) is 0 Å². The summed E-state index contributed by atoms with van der Waals surface area (Å²) in [6, 6.07) is 25.2. The molecule has 7 rings (SSSR count). The number of hydrogen-bond donors (Lipinski definition) is 3. The lowest BCUT2D eigenvalue weighted by Gasteiger charge is -2.30. The van der Waals surface area contributed by atoms with Gasteiger partial charge in [0.2, 0.25) is 0 Å². The summed E-state index contributed by atoms with van der Waals surface area (Å²) in [5.74, 6) is 2.58. The van der Waals surface area contributed by atoms with Crippen LogP contribution in [0.3, 0.4) is 0 Å². The van der Waals surface area contributed by atoms with Crippen LogP contribution in [0.15, 0.2) is 72.8 Å². The number of benzene rings is 6. The number of nitrogens with zero attached hydrogens (tertiary/aromatic N) is 3. The highest BCUT2D eigenvalue weighted by Crippen LogP contribution is 2.50. The molecule has 0 aliphatic carbocycles. The predicted octanol–water partition coefficient (Wildman–Crippen LogP) is 21.8. The van der Waals surface area contributed by atoms with Gasteiger partial charge in [0.05, 0.1) is 0 Å². The van der Waals surface area contributed by atoms with E-state index in [9.17, 15) is 15.3 Å². The number of phenolic OH excluding ortho intramolecular Hbond substituents is 3. The minimum absolute atomic E-state index is 0.0310. The maximum atomic E-state index is 12.1. The lowest BCUT2D eigenvalue weighted by Crippen LogP contribution is -2.16. The van der Waals surface area contributed by atoms with Gasteiger partial charge in [0.1, 0.15) is 34.5 Å². The third-order valence-corrected chi connectivity index (χ3v) is 17.0. The lowest BCUT2D eigenvalue weighted by molar-refractivity contribution is 0.289. The van der Waals surface area contributed by atoms with E-state index in [1.54, 1.807) is 0 Å².